The van der Waals surface area contributed by atoms with Gasteiger partial charge < -0.3 is 5.11 Å². The Hall–Kier alpha value is 0.0600. The molecule has 0 heterocycles. The quantitative estimate of drug-likeness (QED) is 0.444. The van der Waals surface area contributed by atoms with E-state index in [0.717, 1.165) is 12.8 Å². The third-order valence-electron chi connectivity index (χ3n) is 0.658. The van der Waals surface area contributed by atoms with E-state index >= 15 is 0 Å². The highest BCUT2D eigenvalue weighted by molar-refractivity contribution is 7.23. The predicted octanol–water partition coefficient (Wildman–Crippen LogP) is 1.05. The van der Waals surface area contributed by atoms with Gasteiger partial charge in [-0.15, -0.1) is 0 Å². The summed E-state index contributed by atoms with van der Waals surface area (Å²) in [5.74, 6) is 0. The minimum atomic E-state index is 0.193. The Bertz CT molecular complexity index is 47.0. The summed E-state index contributed by atoms with van der Waals surface area (Å²) in [7, 11) is 0.193. The molecule has 0 aliphatic heterocycles. The average Bonchev–Trinajstić information content (AvgIpc) is 1.69. The molecule has 0 bridgehead atoms. The molecule has 1 N–H and O–H groups in total. The lowest BCUT2D eigenvalue weighted by molar-refractivity contribution is 0.287. The molecule has 0 aromatic heterocycles. The molecule has 0 aliphatic carbocycles. The lowest BCUT2D eigenvalue weighted by Crippen LogP contribution is -1.81. The highest BCUT2D eigenvalue weighted by Gasteiger charge is 1.82. The fraction of sp³-hybridized carbons (Fsp3) is 1.00. The van der Waals surface area contributed by atoms with Crippen LogP contribution in [0.15, 0.2) is 0 Å². The van der Waals surface area contributed by atoms with Crippen LogP contribution in [-0.2, 0) is 4.57 Å². The van der Waals surface area contributed by atoms with Gasteiger partial charge in [0, 0.05) is 12.8 Å². The van der Waals surface area contributed by atoms with E-state index in [1.165, 1.54) is 0 Å². The van der Waals surface area contributed by atoms with Crippen LogP contribution in [-0.4, -0.2) is 17.9 Å². The fourth-order valence-electron chi connectivity index (χ4n) is 0.288. The zero-order valence-electron chi connectivity index (χ0n) is 4.13. The Morgan fingerprint density at radius 3 is 2.57 bits per heavy atom. The molecule has 0 saturated heterocycles. The zero-order valence-corrected chi connectivity index (χ0v) is 5.03. The number of hydrogen-bond acceptors (Lipinski definition) is 2. The van der Waals surface area contributed by atoms with Gasteiger partial charge in [-0.25, -0.2) is 0 Å². The van der Waals surface area contributed by atoms with Crippen molar-refractivity contribution < 1.29 is 9.67 Å². The zero-order chi connectivity index (χ0) is 5.54. The minimum absolute atomic E-state index is 0.193. The number of hydrogen-bond donors (Lipinski definition) is 1. The van der Waals surface area contributed by atoms with Crippen molar-refractivity contribution in [3.05, 3.63) is 0 Å². The van der Waals surface area contributed by atoms with Crippen LogP contribution < -0.4 is 0 Å². The third-order valence-corrected chi connectivity index (χ3v) is 1.16. The molecule has 0 spiro atoms. The Morgan fingerprint density at radius 1 is 1.43 bits per heavy atom. The molecule has 2 nitrogen and oxygen atoms in total. The molecule has 0 radical (unpaired) electrons. The Labute approximate surface area is 44.7 Å². The number of aliphatic hydroxyl groups excluding tert-OH is 1. The van der Waals surface area contributed by atoms with Crippen molar-refractivity contribution in [1.29, 1.82) is 0 Å². The van der Waals surface area contributed by atoms with Gasteiger partial charge in [0.2, 0.25) is 0 Å². The molecule has 42 valence electrons. The van der Waals surface area contributed by atoms with E-state index in [2.05, 4.69) is 0 Å². The van der Waals surface area contributed by atoms with Gasteiger partial charge in [0.1, 0.15) is 0 Å². The van der Waals surface area contributed by atoms with Gasteiger partial charge in [-0.05, 0) is 12.8 Å². The van der Waals surface area contributed by atoms with Crippen molar-refractivity contribution in [2.45, 2.75) is 12.8 Å². The van der Waals surface area contributed by atoms with Crippen molar-refractivity contribution in [2.24, 2.45) is 0 Å². The summed E-state index contributed by atoms with van der Waals surface area (Å²) in [5, 5.41) is 8.19. The summed E-state index contributed by atoms with van der Waals surface area (Å²) >= 11 is 0. The van der Waals surface area contributed by atoms with Crippen molar-refractivity contribution in [3.63, 3.8) is 0 Å². The normalized spacial score (nSPS) is 9.86. The van der Waals surface area contributed by atoms with Crippen molar-refractivity contribution >= 4 is 8.46 Å². The summed E-state index contributed by atoms with van der Waals surface area (Å²) in [6, 6.07) is 0. The Morgan fingerprint density at radius 2 is 2.14 bits per heavy atom. The second kappa shape index (κ2) is 6.06. The van der Waals surface area contributed by atoms with Crippen LogP contribution in [0, 0.1) is 0 Å². The highest BCUT2D eigenvalue weighted by Crippen LogP contribution is 1.96. The summed E-state index contributed by atoms with van der Waals surface area (Å²) in [6.45, 7) is 0.218. The van der Waals surface area contributed by atoms with Crippen LogP contribution in [0.3, 0.4) is 0 Å². The number of unbranched alkanes of at least 4 members (excludes halogenated alkanes) is 1. The highest BCUT2D eigenvalue weighted by atomic mass is 31.1. The van der Waals surface area contributed by atoms with Crippen LogP contribution >= 0.6 is 8.46 Å². The Kier molecular flexibility index (Phi) is 6.11. The van der Waals surface area contributed by atoms with Gasteiger partial charge in [-0.3, -0.25) is 4.57 Å². The van der Waals surface area contributed by atoms with Gasteiger partial charge >= 0.3 is 0 Å². The van der Waals surface area contributed by atoms with Crippen LogP contribution in [0.4, 0.5) is 0 Å². The predicted molar refractivity (Wildman–Crippen MR) is 28.8 cm³/mol. The Balaban J connectivity index is 2.56. The summed E-state index contributed by atoms with van der Waals surface area (Å²) in [5.41, 5.74) is 0. The van der Waals surface area contributed by atoms with E-state index < -0.39 is 0 Å². The largest absolute Gasteiger partial charge is 0.396 e. The van der Waals surface area contributed by atoms with Gasteiger partial charge in [0.05, 0.1) is 0 Å². The van der Waals surface area contributed by atoms with E-state index in [4.69, 9.17) is 5.11 Å². The van der Waals surface area contributed by atoms with Gasteiger partial charge in [-0.1, -0.05) is 0 Å². The average molecular weight is 120 g/mol. The SMILES string of the molecule is O=PCCCCO. The van der Waals surface area contributed by atoms with Crippen LogP contribution in [0.1, 0.15) is 12.8 Å². The van der Waals surface area contributed by atoms with E-state index in [-0.39, 0.29) is 15.1 Å². The second-order valence-electron chi connectivity index (χ2n) is 1.28. The standard InChI is InChI=1S/C4H9O2P/c5-3-1-2-4-7-6/h5H,1-4H2. The topological polar surface area (TPSA) is 37.3 Å². The molecule has 7 heavy (non-hydrogen) atoms. The van der Waals surface area contributed by atoms with E-state index in [9.17, 15) is 4.57 Å². The first kappa shape index (κ1) is 7.06. The van der Waals surface area contributed by atoms with Crippen molar-refractivity contribution in [2.75, 3.05) is 12.8 Å². The molecule has 0 unspecified atom stereocenters. The summed E-state index contributed by atoms with van der Waals surface area (Å²) in [4.78, 5) is 0. The maximum absolute atomic E-state index is 9.70. The van der Waals surface area contributed by atoms with E-state index in [0.29, 0.717) is 6.16 Å². The molecule has 0 aromatic carbocycles. The molecule has 0 rings (SSSR count). The maximum Gasteiger partial charge on any atom is 0.155 e. The molecular formula is C4H9O2P. The van der Waals surface area contributed by atoms with Crippen LogP contribution in [0.5, 0.6) is 0 Å². The van der Waals surface area contributed by atoms with E-state index in [1.807, 2.05) is 0 Å². The second-order valence-corrected chi connectivity index (χ2v) is 1.99. The van der Waals surface area contributed by atoms with Crippen LogP contribution in [0.25, 0.3) is 0 Å². The van der Waals surface area contributed by atoms with Gasteiger partial charge in [0.15, 0.2) is 8.46 Å². The lowest BCUT2D eigenvalue weighted by Gasteiger charge is -1.84. The first-order valence-electron chi connectivity index (χ1n) is 2.32. The van der Waals surface area contributed by atoms with Crippen molar-refractivity contribution in [1.82, 2.24) is 0 Å². The molecule has 0 aliphatic rings. The minimum Gasteiger partial charge on any atom is -0.396 e. The molecule has 0 atom stereocenters. The molecule has 0 aromatic rings. The summed E-state index contributed by atoms with van der Waals surface area (Å²) in [6.07, 6.45) is 2.32. The fourth-order valence-corrected chi connectivity index (χ4v) is 0.641. The molecule has 0 amide bonds. The number of rotatable bonds is 4. The summed E-state index contributed by atoms with van der Waals surface area (Å²) < 4.78 is 9.70. The van der Waals surface area contributed by atoms with E-state index in [1.54, 1.807) is 0 Å². The molecule has 3 heteroatoms. The molecule has 0 fully saturated rings. The molecular weight excluding hydrogens is 111 g/mol. The lowest BCUT2D eigenvalue weighted by atomic mass is 10.4. The monoisotopic (exact) mass is 120 g/mol. The maximum atomic E-state index is 9.70. The third kappa shape index (κ3) is 6.06. The molecule has 0 saturated carbocycles. The van der Waals surface area contributed by atoms with Gasteiger partial charge in [0.25, 0.3) is 0 Å². The van der Waals surface area contributed by atoms with Crippen molar-refractivity contribution in [3.8, 4) is 0 Å². The van der Waals surface area contributed by atoms with Gasteiger partial charge in [-0.2, -0.15) is 0 Å². The van der Waals surface area contributed by atoms with Crippen LogP contribution in [0.2, 0.25) is 0 Å². The first-order chi connectivity index (χ1) is 3.41. The first-order valence-corrected chi connectivity index (χ1v) is 3.31. The number of aliphatic hydroxyl groups is 1. The smallest absolute Gasteiger partial charge is 0.155 e.